The van der Waals surface area contributed by atoms with Crippen LogP contribution in [0.25, 0.3) is 0 Å². The van der Waals surface area contributed by atoms with Gasteiger partial charge in [0.2, 0.25) is 0 Å². The molecular formula is C12H15Br2ClO2. The van der Waals surface area contributed by atoms with Crippen LogP contribution in [-0.2, 0) is 0 Å². The third-order valence-corrected chi connectivity index (χ3v) is 3.75. The molecule has 0 N–H and O–H groups in total. The summed E-state index contributed by atoms with van der Waals surface area (Å²) in [6.07, 6.45) is 3.15. The van der Waals surface area contributed by atoms with Crippen molar-refractivity contribution in [2.24, 2.45) is 0 Å². The molecular weight excluding hydrogens is 371 g/mol. The molecule has 0 aromatic heterocycles. The lowest BCUT2D eigenvalue weighted by atomic mass is 10.2. The van der Waals surface area contributed by atoms with E-state index in [1.807, 2.05) is 12.1 Å². The van der Waals surface area contributed by atoms with E-state index in [-0.39, 0.29) is 0 Å². The van der Waals surface area contributed by atoms with E-state index in [0.29, 0.717) is 6.61 Å². The van der Waals surface area contributed by atoms with Crippen LogP contribution in [0.1, 0.15) is 19.3 Å². The van der Waals surface area contributed by atoms with Crippen molar-refractivity contribution in [3.63, 3.8) is 0 Å². The van der Waals surface area contributed by atoms with Crippen LogP contribution in [0.4, 0.5) is 0 Å². The first kappa shape index (κ1) is 15.1. The summed E-state index contributed by atoms with van der Waals surface area (Å²) in [6.45, 7) is 0.703. The third kappa shape index (κ3) is 5.06. The largest absolute Gasteiger partial charge is 0.496 e. The predicted molar refractivity (Wildman–Crippen MR) is 78.5 cm³/mol. The maximum Gasteiger partial charge on any atom is 0.134 e. The Morgan fingerprint density at radius 2 is 1.71 bits per heavy atom. The predicted octanol–water partition coefficient (Wildman–Crippen LogP) is 5.01. The second-order valence-corrected chi connectivity index (χ2v) is 5.60. The van der Waals surface area contributed by atoms with Crippen LogP contribution >= 0.6 is 43.5 Å². The lowest BCUT2D eigenvalue weighted by Crippen LogP contribution is -1.98. The minimum Gasteiger partial charge on any atom is -0.496 e. The van der Waals surface area contributed by atoms with E-state index >= 15 is 0 Å². The van der Waals surface area contributed by atoms with E-state index < -0.39 is 0 Å². The average molecular weight is 387 g/mol. The molecule has 1 rings (SSSR count). The Labute approximate surface area is 124 Å². The first-order chi connectivity index (χ1) is 8.19. The minimum atomic E-state index is 0.703. The summed E-state index contributed by atoms with van der Waals surface area (Å²) in [5.74, 6) is 2.33. The number of alkyl halides is 1. The van der Waals surface area contributed by atoms with Crippen molar-refractivity contribution in [1.82, 2.24) is 0 Å². The van der Waals surface area contributed by atoms with Gasteiger partial charge in [-0.2, -0.15) is 0 Å². The molecule has 96 valence electrons. The van der Waals surface area contributed by atoms with Crippen LogP contribution in [0.15, 0.2) is 21.1 Å². The fraction of sp³-hybridized carbons (Fsp3) is 0.500. The molecule has 0 amide bonds. The molecule has 0 saturated heterocycles. The fourth-order valence-corrected chi connectivity index (χ4v) is 2.44. The Balaban J connectivity index is 2.51. The van der Waals surface area contributed by atoms with Crippen molar-refractivity contribution in [3.8, 4) is 11.5 Å². The Hall–Kier alpha value is 0.0700. The van der Waals surface area contributed by atoms with Gasteiger partial charge in [0.15, 0.2) is 0 Å². The molecule has 0 aliphatic rings. The van der Waals surface area contributed by atoms with Gasteiger partial charge in [0, 0.05) is 5.88 Å². The molecule has 0 saturated carbocycles. The zero-order valence-electron chi connectivity index (χ0n) is 9.64. The molecule has 0 spiro atoms. The first-order valence-electron chi connectivity index (χ1n) is 5.41. The molecule has 17 heavy (non-hydrogen) atoms. The molecule has 0 unspecified atom stereocenters. The van der Waals surface area contributed by atoms with E-state index in [0.717, 1.165) is 45.6 Å². The van der Waals surface area contributed by atoms with E-state index in [1.165, 1.54) is 0 Å². The smallest absolute Gasteiger partial charge is 0.134 e. The number of rotatable bonds is 7. The number of halogens is 3. The van der Waals surface area contributed by atoms with Gasteiger partial charge in [0.25, 0.3) is 0 Å². The van der Waals surface area contributed by atoms with Crippen LogP contribution in [-0.4, -0.2) is 19.6 Å². The van der Waals surface area contributed by atoms with Crippen LogP contribution in [0, 0.1) is 0 Å². The van der Waals surface area contributed by atoms with Crippen LogP contribution in [0.2, 0.25) is 0 Å². The SMILES string of the molecule is COc1cc(Br)c(OCCCCCCl)cc1Br. The maximum absolute atomic E-state index is 5.69. The van der Waals surface area contributed by atoms with Crippen molar-refractivity contribution < 1.29 is 9.47 Å². The quantitative estimate of drug-likeness (QED) is 0.485. The number of methoxy groups -OCH3 is 1. The summed E-state index contributed by atoms with van der Waals surface area (Å²) >= 11 is 12.5. The van der Waals surface area contributed by atoms with Gasteiger partial charge in [-0.3, -0.25) is 0 Å². The molecule has 1 aromatic carbocycles. The Morgan fingerprint density at radius 3 is 2.35 bits per heavy atom. The molecule has 1 aromatic rings. The van der Waals surface area contributed by atoms with Gasteiger partial charge in [-0.15, -0.1) is 11.6 Å². The molecule has 0 aliphatic heterocycles. The van der Waals surface area contributed by atoms with Gasteiger partial charge < -0.3 is 9.47 Å². The Kier molecular flexibility index (Phi) is 7.32. The normalized spacial score (nSPS) is 10.4. The van der Waals surface area contributed by atoms with E-state index in [9.17, 15) is 0 Å². The van der Waals surface area contributed by atoms with Crippen molar-refractivity contribution in [1.29, 1.82) is 0 Å². The lowest BCUT2D eigenvalue weighted by Gasteiger charge is -2.11. The molecule has 0 aliphatic carbocycles. The minimum absolute atomic E-state index is 0.703. The van der Waals surface area contributed by atoms with E-state index in [2.05, 4.69) is 31.9 Å². The summed E-state index contributed by atoms with van der Waals surface area (Å²) in [4.78, 5) is 0. The Bertz CT molecular complexity index is 359. The summed E-state index contributed by atoms with van der Waals surface area (Å²) in [7, 11) is 1.64. The average Bonchev–Trinajstić information content (AvgIpc) is 2.32. The molecule has 0 bridgehead atoms. The van der Waals surface area contributed by atoms with Gasteiger partial charge in [-0.1, -0.05) is 0 Å². The third-order valence-electron chi connectivity index (χ3n) is 2.24. The summed E-state index contributed by atoms with van der Waals surface area (Å²) in [5, 5.41) is 0. The standard InChI is InChI=1S/C12H15Br2ClO2/c1-16-11-7-10(14)12(8-9(11)13)17-6-4-2-3-5-15/h7-8H,2-6H2,1H3. The van der Waals surface area contributed by atoms with Crippen LogP contribution < -0.4 is 9.47 Å². The molecule has 2 nitrogen and oxygen atoms in total. The maximum atomic E-state index is 5.69. The van der Waals surface area contributed by atoms with Gasteiger partial charge in [-0.25, -0.2) is 0 Å². The van der Waals surface area contributed by atoms with Gasteiger partial charge in [-0.05, 0) is 63.3 Å². The van der Waals surface area contributed by atoms with E-state index in [4.69, 9.17) is 21.1 Å². The monoisotopic (exact) mass is 384 g/mol. The topological polar surface area (TPSA) is 18.5 Å². The van der Waals surface area contributed by atoms with Gasteiger partial charge >= 0.3 is 0 Å². The second-order valence-electron chi connectivity index (χ2n) is 3.52. The fourth-order valence-electron chi connectivity index (χ4n) is 1.33. The highest BCUT2D eigenvalue weighted by Gasteiger charge is 2.07. The summed E-state index contributed by atoms with van der Waals surface area (Å²) in [6, 6.07) is 3.79. The molecule has 0 atom stereocenters. The number of hydrogen-bond donors (Lipinski definition) is 0. The molecule has 0 heterocycles. The van der Waals surface area contributed by atoms with Crippen LogP contribution in [0.5, 0.6) is 11.5 Å². The highest BCUT2D eigenvalue weighted by molar-refractivity contribution is 9.11. The zero-order valence-corrected chi connectivity index (χ0v) is 13.6. The van der Waals surface area contributed by atoms with Gasteiger partial charge in [0.1, 0.15) is 11.5 Å². The van der Waals surface area contributed by atoms with Crippen molar-refractivity contribution >= 4 is 43.5 Å². The molecule has 5 heteroatoms. The van der Waals surface area contributed by atoms with Crippen molar-refractivity contribution in [2.45, 2.75) is 19.3 Å². The van der Waals surface area contributed by atoms with Crippen molar-refractivity contribution in [3.05, 3.63) is 21.1 Å². The second kappa shape index (κ2) is 8.22. The van der Waals surface area contributed by atoms with E-state index in [1.54, 1.807) is 7.11 Å². The lowest BCUT2D eigenvalue weighted by molar-refractivity contribution is 0.303. The Morgan fingerprint density at radius 1 is 1.06 bits per heavy atom. The zero-order chi connectivity index (χ0) is 12.7. The number of ether oxygens (including phenoxy) is 2. The number of hydrogen-bond acceptors (Lipinski definition) is 2. The summed E-state index contributed by atoms with van der Waals surface area (Å²) in [5.41, 5.74) is 0. The highest BCUT2D eigenvalue weighted by atomic mass is 79.9. The highest BCUT2D eigenvalue weighted by Crippen LogP contribution is 2.36. The summed E-state index contributed by atoms with van der Waals surface area (Å²) < 4.78 is 12.7. The molecule has 0 fully saturated rings. The van der Waals surface area contributed by atoms with Crippen LogP contribution in [0.3, 0.4) is 0 Å². The van der Waals surface area contributed by atoms with Crippen molar-refractivity contribution in [2.75, 3.05) is 19.6 Å². The number of unbranched alkanes of at least 4 members (excludes halogenated alkanes) is 2. The number of benzene rings is 1. The first-order valence-corrected chi connectivity index (χ1v) is 7.53. The van der Waals surface area contributed by atoms with Gasteiger partial charge in [0.05, 0.1) is 22.7 Å². The molecule has 0 radical (unpaired) electrons.